The average molecular weight is 244 g/mol. The lowest BCUT2D eigenvalue weighted by atomic mass is 9.86. The smallest absolute Gasteiger partial charge is 0.0484 e. The Morgan fingerprint density at radius 3 is 2.69 bits per heavy atom. The van der Waals surface area contributed by atoms with Crippen LogP contribution in [-0.2, 0) is 4.74 Å². The largest absolute Gasteiger partial charge is 0.381 e. The summed E-state index contributed by atoms with van der Waals surface area (Å²) in [6.45, 7) is 8.41. The lowest BCUT2D eigenvalue weighted by Crippen LogP contribution is -2.63. The van der Waals surface area contributed by atoms with Crippen molar-refractivity contribution in [2.24, 2.45) is 5.73 Å². The first-order valence-electron chi connectivity index (χ1n) is 6.36. The molecule has 2 unspecified atom stereocenters. The molecule has 2 fully saturated rings. The Morgan fingerprint density at radius 2 is 2.06 bits per heavy atom. The summed E-state index contributed by atoms with van der Waals surface area (Å²) < 4.78 is 5.49. The van der Waals surface area contributed by atoms with E-state index in [2.05, 4.69) is 30.5 Å². The lowest BCUT2D eigenvalue weighted by molar-refractivity contribution is -0.0391. The number of hydrogen-bond acceptors (Lipinski definition) is 4. The molecule has 0 aromatic rings. The van der Waals surface area contributed by atoms with Crippen LogP contribution < -0.4 is 5.73 Å². The first kappa shape index (κ1) is 12.7. The van der Waals surface area contributed by atoms with Crippen molar-refractivity contribution in [1.82, 2.24) is 4.90 Å². The van der Waals surface area contributed by atoms with Crippen LogP contribution in [0.15, 0.2) is 0 Å². The van der Waals surface area contributed by atoms with Gasteiger partial charge in [0.05, 0.1) is 0 Å². The molecular weight excluding hydrogens is 220 g/mol. The van der Waals surface area contributed by atoms with Crippen LogP contribution >= 0.6 is 11.8 Å². The van der Waals surface area contributed by atoms with E-state index in [9.17, 15) is 0 Å². The number of nitrogens with two attached hydrogens (primary N) is 1. The molecule has 0 aromatic heterocycles. The van der Waals surface area contributed by atoms with E-state index < -0.39 is 0 Å². The van der Waals surface area contributed by atoms with Crippen LogP contribution in [-0.4, -0.2) is 53.8 Å². The molecule has 4 heteroatoms. The second-order valence-electron chi connectivity index (χ2n) is 5.05. The van der Waals surface area contributed by atoms with Crippen molar-refractivity contribution in [1.29, 1.82) is 0 Å². The van der Waals surface area contributed by atoms with Crippen LogP contribution in [0.3, 0.4) is 0 Å². The molecule has 2 aliphatic heterocycles. The van der Waals surface area contributed by atoms with Crippen LogP contribution in [0.1, 0.15) is 26.7 Å². The molecule has 0 aromatic carbocycles. The fourth-order valence-electron chi connectivity index (χ4n) is 2.96. The molecule has 2 rings (SSSR count). The molecule has 0 saturated carbocycles. The van der Waals surface area contributed by atoms with Gasteiger partial charge in [-0.3, -0.25) is 4.90 Å². The van der Waals surface area contributed by atoms with Gasteiger partial charge in [0.25, 0.3) is 0 Å². The zero-order chi connectivity index (χ0) is 11.6. The summed E-state index contributed by atoms with van der Waals surface area (Å²) in [6.07, 6.45) is 2.20. The van der Waals surface area contributed by atoms with Gasteiger partial charge in [-0.05, 0) is 19.8 Å². The van der Waals surface area contributed by atoms with Crippen LogP contribution in [0.5, 0.6) is 0 Å². The maximum atomic E-state index is 6.07. The fraction of sp³-hybridized carbons (Fsp3) is 1.00. The summed E-state index contributed by atoms with van der Waals surface area (Å²) in [5, 5.41) is 0.722. The highest BCUT2D eigenvalue weighted by atomic mass is 32.2. The molecule has 94 valence electrons. The number of hydrogen-bond donors (Lipinski definition) is 1. The van der Waals surface area contributed by atoms with E-state index in [0.29, 0.717) is 6.04 Å². The van der Waals surface area contributed by atoms with E-state index in [0.717, 1.165) is 37.9 Å². The van der Waals surface area contributed by atoms with Crippen molar-refractivity contribution in [2.45, 2.75) is 43.5 Å². The van der Waals surface area contributed by atoms with Crippen molar-refractivity contribution in [3.05, 3.63) is 0 Å². The Kier molecular flexibility index (Phi) is 4.16. The van der Waals surface area contributed by atoms with Gasteiger partial charge in [0, 0.05) is 48.9 Å². The van der Waals surface area contributed by atoms with E-state index >= 15 is 0 Å². The van der Waals surface area contributed by atoms with Crippen molar-refractivity contribution < 1.29 is 4.74 Å². The predicted molar refractivity (Wildman–Crippen MR) is 69.9 cm³/mol. The van der Waals surface area contributed by atoms with Crippen LogP contribution in [0.4, 0.5) is 0 Å². The Labute approximate surface area is 103 Å². The van der Waals surface area contributed by atoms with Gasteiger partial charge in [0.2, 0.25) is 0 Å². The van der Waals surface area contributed by atoms with Gasteiger partial charge < -0.3 is 10.5 Å². The molecule has 3 nitrogen and oxygen atoms in total. The molecule has 0 amide bonds. The van der Waals surface area contributed by atoms with Crippen LogP contribution in [0.25, 0.3) is 0 Å². The highest BCUT2D eigenvalue weighted by Crippen LogP contribution is 2.35. The third kappa shape index (κ3) is 2.26. The summed E-state index contributed by atoms with van der Waals surface area (Å²) in [6, 6.07) is 0.639. The Bertz CT molecular complexity index is 231. The molecule has 16 heavy (non-hydrogen) atoms. The Hall–Kier alpha value is 0.230. The maximum Gasteiger partial charge on any atom is 0.0484 e. The zero-order valence-corrected chi connectivity index (χ0v) is 11.3. The van der Waals surface area contributed by atoms with E-state index in [1.54, 1.807) is 0 Å². The average Bonchev–Trinajstić information content (AvgIpc) is 2.33. The first-order chi connectivity index (χ1) is 7.69. The summed E-state index contributed by atoms with van der Waals surface area (Å²) in [4.78, 5) is 2.66. The topological polar surface area (TPSA) is 38.5 Å². The lowest BCUT2D eigenvalue weighted by Gasteiger charge is -2.52. The molecule has 2 heterocycles. The van der Waals surface area contributed by atoms with E-state index in [1.165, 1.54) is 12.3 Å². The van der Waals surface area contributed by atoms with Gasteiger partial charge >= 0.3 is 0 Å². The fourth-order valence-corrected chi connectivity index (χ4v) is 4.06. The molecule has 2 N–H and O–H groups in total. The van der Waals surface area contributed by atoms with Crippen molar-refractivity contribution in [3.8, 4) is 0 Å². The minimum absolute atomic E-state index is 0.215. The molecule has 0 spiro atoms. The molecule has 0 aliphatic carbocycles. The molecule has 0 bridgehead atoms. The summed E-state index contributed by atoms with van der Waals surface area (Å²) in [7, 11) is 0. The summed E-state index contributed by atoms with van der Waals surface area (Å²) in [5.74, 6) is 1.24. The molecule has 0 radical (unpaired) electrons. The minimum Gasteiger partial charge on any atom is -0.381 e. The number of ether oxygens (including phenoxy) is 1. The van der Waals surface area contributed by atoms with E-state index in [4.69, 9.17) is 10.5 Å². The van der Waals surface area contributed by atoms with Gasteiger partial charge in [-0.2, -0.15) is 11.8 Å². The van der Waals surface area contributed by atoms with Gasteiger partial charge in [-0.1, -0.05) is 6.92 Å². The molecular formula is C12H24N2OS. The number of nitrogens with zero attached hydrogens (tertiary/aromatic N) is 1. The van der Waals surface area contributed by atoms with Crippen LogP contribution in [0.2, 0.25) is 0 Å². The minimum atomic E-state index is 0.215. The molecule has 2 aliphatic rings. The Balaban J connectivity index is 2.12. The van der Waals surface area contributed by atoms with Gasteiger partial charge in [0.15, 0.2) is 0 Å². The van der Waals surface area contributed by atoms with Crippen molar-refractivity contribution in [2.75, 3.05) is 32.1 Å². The maximum absolute atomic E-state index is 6.07. The van der Waals surface area contributed by atoms with E-state index in [-0.39, 0.29) is 5.54 Å². The number of rotatable bonds is 2. The second kappa shape index (κ2) is 5.25. The van der Waals surface area contributed by atoms with E-state index in [1.807, 2.05) is 0 Å². The summed E-state index contributed by atoms with van der Waals surface area (Å²) >= 11 is 2.09. The molecule has 2 saturated heterocycles. The van der Waals surface area contributed by atoms with Gasteiger partial charge in [-0.25, -0.2) is 0 Å². The third-order valence-corrected chi connectivity index (χ3v) is 5.63. The monoisotopic (exact) mass is 244 g/mol. The quantitative estimate of drug-likeness (QED) is 0.795. The molecule has 2 atom stereocenters. The number of thioether (sulfide) groups is 1. The zero-order valence-electron chi connectivity index (χ0n) is 10.4. The summed E-state index contributed by atoms with van der Waals surface area (Å²) in [5.41, 5.74) is 6.29. The highest BCUT2D eigenvalue weighted by Gasteiger charge is 2.42. The first-order valence-corrected chi connectivity index (χ1v) is 7.41. The Morgan fingerprint density at radius 1 is 1.38 bits per heavy atom. The van der Waals surface area contributed by atoms with Crippen LogP contribution in [0, 0.1) is 0 Å². The highest BCUT2D eigenvalue weighted by molar-refractivity contribution is 8.00. The third-order valence-electron chi connectivity index (χ3n) is 4.30. The van der Waals surface area contributed by atoms with Crippen molar-refractivity contribution in [3.63, 3.8) is 0 Å². The second-order valence-corrected chi connectivity index (χ2v) is 6.54. The normalized spacial score (nSPS) is 36.2. The standard InChI is InChI=1S/C12H24N2OS/c1-10-11(2)16-8-5-14(10)12(9-13)3-6-15-7-4-12/h10-11H,3-9,13H2,1-2H3. The van der Waals surface area contributed by atoms with Crippen molar-refractivity contribution >= 4 is 11.8 Å². The predicted octanol–water partition coefficient (Wildman–Crippen LogP) is 1.32. The van der Waals surface area contributed by atoms with Gasteiger partial charge in [0.1, 0.15) is 0 Å². The SMILES string of the molecule is CC1SCCN(C2(CN)CCOCC2)C1C. The van der Waals surface area contributed by atoms with Gasteiger partial charge in [-0.15, -0.1) is 0 Å².